The van der Waals surface area contributed by atoms with Crippen LogP contribution in [0.1, 0.15) is 63.5 Å². The number of nitrogens with zero attached hydrogens (tertiary/aromatic N) is 1. The Labute approximate surface area is 189 Å². The van der Waals surface area contributed by atoms with E-state index in [-0.39, 0.29) is 35.6 Å². The van der Waals surface area contributed by atoms with Gasteiger partial charge in [0.05, 0.1) is 19.4 Å². The van der Waals surface area contributed by atoms with E-state index in [2.05, 4.69) is 10.6 Å². The van der Waals surface area contributed by atoms with E-state index >= 15 is 0 Å². The zero-order valence-corrected chi connectivity index (χ0v) is 18.8. The minimum absolute atomic E-state index is 0.0115. The summed E-state index contributed by atoms with van der Waals surface area (Å²) in [4.78, 5) is 39.5. The number of carbonyl (C=O) groups excluding carboxylic acids is 3. The summed E-state index contributed by atoms with van der Waals surface area (Å²) in [6.07, 6.45) is 11.2. The third-order valence-corrected chi connectivity index (χ3v) is 8.37. The van der Waals surface area contributed by atoms with Crippen LogP contribution in [0.25, 0.3) is 0 Å². The van der Waals surface area contributed by atoms with Crippen LogP contribution in [0, 0.1) is 29.1 Å². The van der Waals surface area contributed by atoms with E-state index in [0.29, 0.717) is 38.9 Å². The molecule has 4 bridgehead atoms. The zero-order valence-electron chi connectivity index (χ0n) is 18.8. The van der Waals surface area contributed by atoms with Crippen LogP contribution in [-0.4, -0.2) is 42.3 Å². The van der Waals surface area contributed by atoms with Gasteiger partial charge in [-0.2, -0.15) is 0 Å². The highest BCUT2D eigenvalue weighted by Crippen LogP contribution is 2.61. The van der Waals surface area contributed by atoms with Crippen LogP contribution in [0.3, 0.4) is 0 Å². The lowest BCUT2D eigenvalue weighted by molar-refractivity contribution is -0.137. The lowest BCUT2D eigenvalue weighted by atomic mass is 9.49. The molecule has 0 radical (unpaired) electrons. The highest BCUT2D eigenvalue weighted by Gasteiger charge is 2.51. The van der Waals surface area contributed by atoms with E-state index in [1.807, 2.05) is 6.07 Å². The van der Waals surface area contributed by atoms with Gasteiger partial charge in [-0.15, -0.1) is 0 Å². The molecule has 0 atom stereocenters. The second kappa shape index (κ2) is 8.91. The molecule has 4 saturated carbocycles. The first-order valence-corrected chi connectivity index (χ1v) is 12.3. The SMILES string of the molecule is O=C(CC12CC3CC(CC(C3)C1)C2)NCC(=O)N1CCC(C(=O)NCc2ccco2)CC1. The van der Waals surface area contributed by atoms with Crippen LogP contribution in [0.15, 0.2) is 22.8 Å². The second-order valence-corrected chi connectivity index (χ2v) is 10.8. The molecule has 4 aliphatic carbocycles. The summed E-state index contributed by atoms with van der Waals surface area (Å²) in [5, 5.41) is 5.81. The Bertz CT molecular complexity index is 806. The fourth-order valence-corrected chi connectivity index (χ4v) is 7.32. The van der Waals surface area contributed by atoms with E-state index in [4.69, 9.17) is 4.42 Å². The van der Waals surface area contributed by atoms with Crippen molar-refractivity contribution in [2.45, 2.75) is 64.3 Å². The molecule has 32 heavy (non-hydrogen) atoms. The van der Waals surface area contributed by atoms with E-state index in [0.717, 1.165) is 23.5 Å². The fraction of sp³-hybridized carbons (Fsp3) is 0.720. The molecule has 1 aliphatic heterocycles. The molecule has 5 aliphatic rings. The standard InChI is InChI=1S/C25H35N3O4/c29-22(14-25-11-17-8-18(12-25)10-19(9-17)13-25)26-16-23(30)28-5-3-20(4-6-28)24(31)27-15-21-2-1-7-32-21/h1-2,7,17-20H,3-6,8-16H2,(H,26,29)(H,27,31). The Kier molecular flexibility index (Phi) is 5.99. The van der Waals surface area contributed by atoms with E-state index in [9.17, 15) is 14.4 Å². The Hall–Kier alpha value is -2.31. The number of piperidine rings is 1. The molecule has 0 unspecified atom stereocenters. The summed E-state index contributed by atoms with van der Waals surface area (Å²) >= 11 is 0. The topological polar surface area (TPSA) is 91.7 Å². The van der Waals surface area contributed by atoms with Gasteiger partial charge in [-0.1, -0.05) is 0 Å². The van der Waals surface area contributed by atoms with Crippen LogP contribution < -0.4 is 10.6 Å². The highest BCUT2D eigenvalue weighted by atomic mass is 16.3. The highest BCUT2D eigenvalue weighted by molar-refractivity contribution is 5.85. The monoisotopic (exact) mass is 441 g/mol. The summed E-state index contributed by atoms with van der Waals surface area (Å²) in [5.74, 6) is 3.13. The number of hydrogen-bond donors (Lipinski definition) is 2. The molecule has 1 aromatic heterocycles. The smallest absolute Gasteiger partial charge is 0.241 e. The summed E-state index contributed by atoms with van der Waals surface area (Å²) in [5.41, 5.74) is 0.198. The summed E-state index contributed by atoms with van der Waals surface area (Å²) in [7, 11) is 0. The zero-order chi connectivity index (χ0) is 22.1. The molecule has 3 amide bonds. The van der Waals surface area contributed by atoms with Crippen molar-refractivity contribution in [2.75, 3.05) is 19.6 Å². The fourth-order valence-electron chi connectivity index (χ4n) is 7.32. The van der Waals surface area contributed by atoms with Crippen molar-refractivity contribution in [3.63, 3.8) is 0 Å². The van der Waals surface area contributed by atoms with Crippen molar-refractivity contribution in [1.82, 2.24) is 15.5 Å². The average molecular weight is 442 g/mol. The quantitative estimate of drug-likeness (QED) is 0.681. The molecule has 6 rings (SSSR count). The molecular weight excluding hydrogens is 406 g/mol. The van der Waals surface area contributed by atoms with Crippen LogP contribution in [0.5, 0.6) is 0 Å². The molecule has 7 heteroatoms. The predicted octanol–water partition coefficient (Wildman–Crippen LogP) is 2.86. The Morgan fingerprint density at radius 1 is 1.00 bits per heavy atom. The molecule has 7 nitrogen and oxygen atoms in total. The first-order chi connectivity index (χ1) is 15.5. The van der Waals surface area contributed by atoms with Gasteiger partial charge >= 0.3 is 0 Å². The number of carbonyl (C=O) groups is 3. The number of nitrogens with one attached hydrogen (secondary N) is 2. The number of furan rings is 1. The van der Waals surface area contributed by atoms with Gasteiger partial charge < -0.3 is 20.0 Å². The largest absolute Gasteiger partial charge is 0.467 e. The molecule has 1 aromatic rings. The Morgan fingerprint density at radius 3 is 2.25 bits per heavy atom. The number of amides is 3. The van der Waals surface area contributed by atoms with Gasteiger partial charge in [-0.3, -0.25) is 14.4 Å². The first kappa shape index (κ1) is 21.5. The Morgan fingerprint density at radius 2 is 1.66 bits per heavy atom. The van der Waals surface area contributed by atoms with E-state index in [1.165, 1.54) is 38.5 Å². The van der Waals surface area contributed by atoms with Crippen LogP contribution in [0.4, 0.5) is 0 Å². The number of rotatable bonds is 7. The average Bonchev–Trinajstić information content (AvgIpc) is 3.28. The molecule has 174 valence electrons. The van der Waals surface area contributed by atoms with Crippen molar-refractivity contribution < 1.29 is 18.8 Å². The molecule has 5 fully saturated rings. The third-order valence-electron chi connectivity index (χ3n) is 8.37. The van der Waals surface area contributed by atoms with Crippen molar-refractivity contribution in [3.05, 3.63) is 24.2 Å². The normalized spacial score (nSPS) is 31.5. The minimum Gasteiger partial charge on any atom is -0.467 e. The second-order valence-electron chi connectivity index (χ2n) is 10.8. The molecule has 2 N–H and O–H groups in total. The van der Waals surface area contributed by atoms with Gasteiger partial charge in [0, 0.05) is 25.4 Å². The van der Waals surface area contributed by atoms with Crippen LogP contribution in [-0.2, 0) is 20.9 Å². The van der Waals surface area contributed by atoms with Gasteiger partial charge in [-0.05, 0) is 86.7 Å². The summed E-state index contributed by atoms with van der Waals surface area (Å²) in [6.45, 7) is 1.58. The maximum absolute atomic E-state index is 12.7. The maximum atomic E-state index is 12.7. The third kappa shape index (κ3) is 4.71. The lowest BCUT2D eigenvalue weighted by Crippen LogP contribution is -2.49. The van der Waals surface area contributed by atoms with Gasteiger partial charge in [0.1, 0.15) is 5.76 Å². The number of hydrogen-bond acceptors (Lipinski definition) is 4. The first-order valence-electron chi connectivity index (χ1n) is 12.3. The molecule has 0 spiro atoms. The number of likely N-dealkylation sites (tertiary alicyclic amines) is 1. The predicted molar refractivity (Wildman–Crippen MR) is 118 cm³/mol. The van der Waals surface area contributed by atoms with Crippen molar-refractivity contribution >= 4 is 17.7 Å². The van der Waals surface area contributed by atoms with Crippen LogP contribution >= 0.6 is 0 Å². The van der Waals surface area contributed by atoms with Gasteiger partial charge in [-0.25, -0.2) is 0 Å². The van der Waals surface area contributed by atoms with Crippen molar-refractivity contribution in [3.8, 4) is 0 Å². The van der Waals surface area contributed by atoms with Crippen molar-refractivity contribution in [2.24, 2.45) is 29.1 Å². The minimum atomic E-state index is -0.0836. The van der Waals surface area contributed by atoms with Gasteiger partial charge in [0.25, 0.3) is 0 Å². The van der Waals surface area contributed by atoms with E-state index in [1.54, 1.807) is 17.2 Å². The lowest BCUT2D eigenvalue weighted by Gasteiger charge is -2.56. The molecule has 1 saturated heterocycles. The Balaban J connectivity index is 1.02. The van der Waals surface area contributed by atoms with E-state index < -0.39 is 0 Å². The van der Waals surface area contributed by atoms with Gasteiger partial charge in [0.15, 0.2) is 0 Å². The van der Waals surface area contributed by atoms with Crippen molar-refractivity contribution in [1.29, 1.82) is 0 Å². The molecular formula is C25H35N3O4. The molecule has 2 heterocycles. The molecule has 0 aromatic carbocycles. The summed E-state index contributed by atoms with van der Waals surface area (Å²) in [6, 6.07) is 3.63. The summed E-state index contributed by atoms with van der Waals surface area (Å²) < 4.78 is 5.24. The van der Waals surface area contributed by atoms with Gasteiger partial charge in [0.2, 0.25) is 17.7 Å². The maximum Gasteiger partial charge on any atom is 0.241 e. The van der Waals surface area contributed by atoms with Crippen LogP contribution in [0.2, 0.25) is 0 Å².